The number of carbonyl (C=O) groups excluding carboxylic acids is 1. The minimum Gasteiger partial charge on any atom is -0.466 e. The molecule has 1 aromatic rings. The first kappa shape index (κ1) is 19.6. The van der Waals surface area contributed by atoms with Crippen molar-refractivity contribution in [1.29, 1.82) is 0 Å². The van der Waals surface area contributed by atoms with Gasteiger partial charge < -0.3 is 9.16 Å². The third-order valence-electron chi connectivity index (χ3n) is 2.95. The number of carbonyl (C=O) groups is 1. The van der Waals surface area contributed by atoms with Gasteiger partial charge in [-0.15, -0.1) is 0 Å². The lowest BCUT2D eigenvalue weighted by Gasteiger charge is -2.27. The first-order valence-electron chi connectivity index (χ1n) is 7.41. The highest BCUT2D eigenvalue weighted by Crippen LogP contribution is 2.34. The molecule has 0 radical (unpaired) electrons. The van der Waals surface area contributed by atoms with Crippen molar-refractivity contribution >= 4 is 31.6 Å². The smallest absolute Gasteiger partial charge is 0.305 e. The number of rotatable bonds is 8. The van der Waals surface area contributed by atoms with E-state index in [2.05, 4.69) is 0 Å². The molecular formula is C15H22ClNO5Si. The minimum absolute atomic E-state index is 0.0512. The fraction of sp³-hybridized carbons (Fsp3) is 0.533. The lowest BCUT2D eigenvalue weighted by atomic mass is 10.0. The van der Waals surface area contributed by atoms with Gasteiger partial charge >= 0.3 is 5.97 Å². The van der Waals surface area contributed by atoms with Crippen LogP contribution in [0.3, 0.4) is 0 Å². The van der Waals surface area contributed by atoms with E-state index >= 15 is 0 Å². The minimum atomic E-state index is -1.94. The fourth-order valence-electron chi connectivity index (χ4n) is 2.08. The van der Waals surface area contributed by atoms with E-state index in [1.54, 1.807) is 6.92 Å². The first-order chi connectivity index (χ1) is 10.6. The summed E-state index contributed by atoms with van der Waals surface area (Å²) < 4.78 is 11.0. The van der Waals surface area contributed by atoms with Crippen LogP contribution in [-0.4, -0.2) is 25.8 Å². The zero-order chi connectivity index (χ0) is 17.6. The molecule has 1 aromatic carbocycles. The molecule has 0 aliphatic rings. The summed E-state index contributed by atoms with van der Waals surface area (Å²) in [6.07, 6.45) is 0.0601. The van der Waals surface area contributed by atoms with Crippen LogP contribution >= 0.6 is 11.6 Å². The standard InChI is InChI=1S/C15H22ClNO5Si/c1-5-21-15(18)9-8-14(22-23(2,3)4)12-10-11(17(19)20)6-7-13(12)16/h6-7,10,14H,5,8-9H2,1-4H3. The van der Waals surface area contributed by atoms with Crippen molar-refractivity contribution in [2.75, 3.05) is 6.61 Å². The summed E-state index contributed by atoms with van der Waals surface area (Å²) >= 11 is 6.20. The number of halogens is 1. The zero-order valence-corrected chi connectivity index (χ0v) is 15.6. The molecule has 0 aliphatic heterocycles. The van der Waals surface area contributed by atoms with Crippen molar-refractivity contribution in [2.45, 2.75) is 45.5 Å². The maximum absolute atomic E-state index is 11.6. The largest absolute Gasteiger partial charge is 0.466 e. The van der Waals surface area contributed by atoms with Crippen LogP contribution in [0.15, 0.2) is 18.2 Å². The molecule has 0 aromatic heterocycles. The van der Waals surface area contributed by atoms with Crippen LogP contribution in [0.4, 0.5) is 5.69 Å². The van der Waals surface area contributed by atoms with Gasteiger partial charge in [0, 0.05) is 29.1 Å². The summed E-state index contributed by atoms with van der Waals surface area (Å²) in [5.74, 6) is -0.321. The molecule has 128 valence electrons. The molecule has 0 amide bonds. The van der Waals surface area contributed by atoms with E-state index in [1.807, 2.05) is 19.6 Å². The summed E-state index contributed by atoms with van der Waals surface area (Å²) in [6.45, 7) is 8.09. The van der Waals surface area contributed by atoms with Crippen LogP contribution in [0, 0.1) is 10.1 Å². The van der Waals surface area contributed by atoms with E-state index in [0.29, 0.717) is 23.6 Å². The van der Waals surface area contributed by atoms with Gasteiger partial charge in [-0.3, -0.25) is 14.9 Å². The van der Waals surface area contributed by atoms with Gasteiger partial charge in [0.1, 0.15) is 0 Å². The lowest BCUT2D eigenvalue weighted by molar-refractivity contribution is -0.385. The average molecular weight is 360 g/mol. The van der Waals surface area contributed by atoms with Gasteiger partial charge in [0.05, 0.1) is 17.6 Å². The number of non-ortho nitro benzene ring substituents is 1. The molecular weight excluding hydrogens is 338 g/mol. The molecule has 8 heteroatoms. The lowest BCUT2D eigenvalue weighted by Crippen LogP contribution is -2.28. The highest BCUT2D eigenvalue weighted by Gasteiger charge is 2.26. The van der Waals surface area contributed by atoms with Crippen LogP contribution in [0.1, 0.15) is 31.4 Å². The van der Waals surface area contributed by atoms with Gasteiger partial charge in [-0.1, -0.05) is 11.6 Å². The molecule has 23 heavy (non-hydrogen) atoms. The second-order valence-corrected chi connectivity index (χ2v) is 10.9. The Morgan fingerprint density at radius 1 is 1.39 bits per heavy atom. The molecule has 0 bridgehead atoms. The van der Waals surface area contributed by atoms with Crippen molar-refractivity contribution in [1.82, 2.24) is 0 Å². The van der Waals surface area contributed by atoms with Gasteiger partial charge in [-0.2, -0.15) is 0 Å². The summed E-state index contributed by atoms with van der Waals surface area (Å²) in [7, 11) is -1.94. The Morgan fingerprint density at radius 3 is 2.57 bits per heavy atom. The van der Waals surface area contributed by atoms with Crippen molar-refractivity contribution < 1.29 is 18.9 Å². The maximum Gasteiger partial charge on any atom is 0.305 e. The predicted octanol–water partition coefficient (Wildman–Crippen LogP) is 4.48. The highest BCUT2D eigenvalue weighted by molar-refractivity contribution is 6.69. The summed E-state index contributed by atoms with van der Waals surface area (Å²) in [4.78, 5) is 22.1. The molecule has 6 nitrogen and oxygen atoms in total. The molecule has 0 saturated carbocycles. The number of ether oxygens (including phenoxy) is 1. The third-order valence-corrected chi connectivity index (χ3v) is 4.28. The Labute approximate surface area is 142 Å². The number of esters is 1. The van der Waals surface area contributed by atoms with E-state index in [9.17, 15) is 14.9 Å². The second-order valence-electron chi connectivity index (χ2n) is 6.03. The van der Waals surface area contributed by atoms with Gasteiger partial charge in [0.15, 0.2) is 8.32 Å². The monoisotopic (exact) mass is 359 g/mol. The third kappa shape index (κ3) is 6.68. The van der Waals surface area contributed by atoms with E-state index in [1.165, 1.54) is 18.2 Å². The van der Waals surface area contributed by atoms with E-state index < -0.39 is 19.3 Å². The van der Waals surface area contributed by atoms with Gasteiger partial charge in [0.25, 0.3) is 5.69 Å². The van der Waals surface area contributed by atoms with Gasteiger partial charge in [0.2, 0.25) is 0 Å². The van der Waals surface area contributed by atoms with Gasteiger partial charge in [-0.05, 0) is 39.1 Å². The van der Waals surface area contributed by atoms with E-state index in [-0.39, 0.29) is 18.1 Å². The van der Waals surface area contributed by atoms with Crippen molar-refractivity contribution in [2.24, 2.45) is 0 Å². The molecule has 0 fully saturated rings. The number of hydrogen-bond donors (Lipinski definition) is 0. The number of nitro benzene ring substituents is 1. The second kappa shape index (κ2) is 8.42. The van der Waals surface area contributed by atoms with Crippen LogP contribution in [0.25, 0.3) is 0 Å². The normalized spacial score (nSPS) is 12.7. The highest BCUT2D eigenvalue weighted by atomic mass is 35.5. The Hall–Kier alpha value is -1.44. The number of hydrogen-bond acceptors (Lipinski definition) is 5. The summed E-state index contributed by atoms with van der Waals surface area (Å²) in [5, 5.41) is 11.4. The maximum atomic E-state index is 11.6. The van der Waals surface area contributed by atoms with Crippen LogP contribution < -0.4 is 0 Å². The van der Waals surface area contributed by atoms with Crippen molar-refractivity contribution in [3.8, 4) is 0 Å². The number of nitro groups is 1. The Morgan fingerprint density at radius 2 is 2.04 bits per heavy atom. The molecule has 1 unspecified atom stereocenters. The molecule has 1 rings (SSSR count). The van der Waals surface area contributed by atoms with E-state index in [4.69, 9.17) is 20.8 Å². The zero-order valence-electron chi connectivity index (χ0n) is 13.8. The fourth-order valence-corrected chi connectivity index (χ4v) is 3.42. The van der Waals surface area contributed by atoms with Gasteiger partial charge in [-0.25, -0.2) is 0 Å². The molecule has 0 spiro atoms. The predicted molar refractivity (Wildman–Crippen MR) is 91.1 cm³/mol. The molecule has 0 aliphatic carbocycles. The summed E-state index contributed by atoms with van der Waals surface area (Å²) in [6, 6.07) is 4.25. The Kier molecular flexibility index (Phi) is 7.18. The quantitative estimate of drug-likeness (QED) is 0.296. The number of nitrogens with zero attached hydrogens (tertiary/aromatic N) is 1. The topological polar surface area (TPSA) is 78.7 Å². The Bertz CT molecular complexity index is 573. The Balaban J connectivity index is 3.05. The molecule has 0 N–H and O–H groups in total. The van der Waals surface area contributed by atoms with Crippen LogP contribution in [0.5, 0.6) is 0 Å². The van der Waals surface area contributed by atoms with E-state index in [0.717, 1.165) is 0 Å². The molecule has 0 heterocycles. The molecule has 1 atom stereocenters. The first-order valence-corrected chi connectivity index (χ1v) is 11.2. The SMILES string of the molecule is CCOC(=O)CCC(O[Si](C)(C)C)c1cc([N+](=O)[O-])ccc1Cl. The summed E-state index contributed by atoms with van der Waals surface area (Å²) in [5.41, 5.74) is 0.484. The molecule has 0 saturated heterocycles. The van der Waals surface area contributed by atoms with Crippen LogP contribution in [0.2, 0.25) is 24.7 Å². The van der Waals surface area contributed by atoms with Crippen molar-refractivity contribution in [3.63, 3.8) is 0 Å². The average Bonchev–Trinajstić information content (AvgIpc) is 2.43. The number of benzene rings is 1. The van der Waals surface area contributed by atoms with Crippen LogP contribution in [-0.2, 0) is 14.0 Å². The van der Waals surface area contributed by atoms with Crippen molar-refractivity contribution in [3.05, 3.63) is 38.9 Å².